The van der Waals surface area contributed by atoms with Gasteiger partial charge in [-0.25, -0.2) is 4.39 Å². The lowest BCUT2D eigenvalue weighted by atomic mass is 10.1. The van der Waals surface area contributed by atoms with E-state index in [1.807, 2.05) is 6.26 Å². The number of rotatable bonds is 4. The molecule has 0 saturated carbocycles. The van der Waals surface area contributed by atoms with Crippen molar-refractivity contribution in [1.29, 1.82) is 0 Å². The number of thioether (sulfide) groups is 1. The molecule has 1 amide bonds. The fraction of sp³-hybridized carbons (Fsp3) is 0.182. The third-order valence-electron chi connectivity index (χ3n) is 2.11. The zero-order valence-electron chi connectivity index (χ0n) is 9.51. The Morgan fingerprint density at radius 3 is 2.72 bits per heavy atom. The van der Waals surface area contributed by atoms with Crippen LogP contribution >= 0.6 is 23.1 Å². The fourth-order valence-corrected chi connectivity index (χ4v) is 2.48. The van der Waals surface area contributed by atoms with Crippen molar-refractivity contribution in [2.24, 2.45) is 0 Å². The van der Waals surface area contributed by atoms with Gasteiger partial charge in [-0.15, -0.1) is 10.2 Å². The van der Waals surface area contributed by atoms with Gasteiger partial charge in [0, 0.05) is 0 Å². The van der Waals surface area contributed by atoms with Crippen molar-refractivity contribution < 1.29 is 9.18 Å². The number of aromatic nitrogens is 2. The molecule has 1 aromatic carbocycles. The fourth-order valence-electron chi connectivity index (χ4n) is 1.29. The molecule has 0 saturated heterocycles. The van der Waals surface area contributed by atoms with Gasteiger partial charge in [-0.2, -0.15) is 0 Å². The van der Waals surface area contributed by atoms with Crippen LogP contribution < -0.4 is 5.32 Å². The SMILES string of the molecule is CSc1nnc(NC(=O)Cc2ccc(F)cc2)s1. The number of hydrogen-bond acceptors (Lipinski definition) is 5. The molecule has 1 aromatic heterocycles. The molecule has 2 rings (SSSR count). The van der Waals surface area contributed by atoms with Gasteiger partial charge in [0.05, 0.1) is 6.42 Å². The summed E-state index contributed by atoms with van der Waals surface area (Å²) in [4.78, 5) is 11.7. The normalized spacial score (nSPS) is 10.3. The molecule has 0 bridgehead atoms. The predicted octanol–water partition coefficient (Wildman–Crippen LogP) is 2.58. The largest absolute Gasteiger partial charge is 0.300 e. The quantitative estimate of drug-likeness (QED) is 0.692. The molecule has 0 radical (unpaired) electrons. The number of anilines is 1. The van der Waals surface area contributed by atoms with Crippen LogP contribution in [-0.4, -0.2) is 22.4 Å². The highest BCUT2D eigenvalue weighted by molar-refractivity contribution is 8.00. The smallest absolute Gasteiger partial charge is 0.230 e. The molecule has 2 aromatic rings. The number of nitrogens with zero attached hydrogens (tertiary/aromatic N) is 2. The molecule has 0 atom stereocenters. The summed E-state index contributed by atoms with van der Waals surface area (Å²) in [5.74, 6) is -0.502. The van der Waals surface area contributed by atoms with Gasteiger partial charge in [-0.05, 0) is 24.0 Å². The highest BCUT2D eigenvalue weighted by atomic mass is 32.2. The van der Waals surface area contributed by atoms with Crippen molar-refractivity contribution in [2.75, 3.05) is 11.6 Å². The lowest BCUT2D eigenvalue weighted by Gasteiger charge is -2.01. The zero-order chi connectivity index (χ0) is 13.0. The van der Waals surface area contributed by atoms with Crippen molar-refractivity contribution in [1.82, 2.24) is 10.2 Å². The maximum atomic E-state index is 12.7. The van der Waals surface area contributed by atoms with Crippen molar-refractivity contribution in [3.05, 3.63) is 35.6 Å². The highest BCUT2D eigenvalue weighted by Gasteiger charge is 2.08. The van der Waals surface area contributed by atoms with Gasteiger partial charge in [0.1, 0.15) is 5.82 Å². The van der Waals surface area contributed by atoms with Crippen molar-refractivity contribution in [3.63, 3.8) is 0 Å². The third-order valence-corrected chi connectivity index (χ3v) is 3.92. The van der Waals surface area contributed by atoms with Crippen LogP contribution in [0.4, 0.5) is 9.52 Å². The summed E-state index contributed by atoms with van der Waals surface area (Å²) < 4.78 is 13.5. The monoisotopic (exact) mass is 283 g/mol. The van der Waals surface area contributed by atoms with E-state index in [0.717, 1.165) is 9.90 Å². The van der Waals surface area contributed by atoms with Crippen molar-refractivity contribution >= 4 is 34.1 Å². The van der Waals surface area contributed by atoms with E-state index in [2.05, 4.69) is 15.5 Å². The lowest BCUT2D eigenvalue weighted by Crippen LogP contribution is -2.14. The van der Waals surface area contributed by atoms with Gasteiger partial charge >= 0.3 is 0 Å². The number of halogens is 1. The number of carbonyl (C=O) groups is 1. The minimum Gasteiger partial charge on any atom is -0.300 e. The topological polar surface area (TPSA) is 54.9 Å². The van der Waals surface area contributed by atoms with Crippen LogP contribution in [-0.2, 0) is 11.2 Å². The molecule has 0 fully saturated rings. The molecule has 0 aliphatic carbocycles. The van der Waals surface area contributed by atoms with E-state index in [0.29, 0.717) is 5.13 Å². The Labute approximate surface area is 112 Å². The van der Waals surface area contributed by atoms with Gasteiger partial charge in [-0.1, -0.05) is 35.2 Å². The van der Waals surface area contributed by atoms with Gasteiger partial charge < -0.3 is 5.32 Å². The maximum Gasteiger partial charge on any atom is 0.230 e. The van der Waals surface area contributed by atoms with Crippen LogP contribution in [0.15, 0.2) is 28.6 Å². The lowest BCUT2D eigenvalue weighted by molar-refractivity contribution is -0.115. The molecule has 0 unspecified atom stereocenters. The summed E-state index contributed by atoms with van der Waals surface area (Å²) in [7, 11) is 0. The standard InChI is InChI=1S/C11H10FN3OS2/c1-17-11-15-14-10(18-11)13-9(16)6-7-2-4-8(12)5-3-7/h2-5H,6H2,1H3,(H,13,14,16). The number of carbonyl (C=O) groups excluding carboxylic acids is 1. The highest BCUT2D eigenvalue weighted by Crippen LogP contribution is 2.23. The van der Waals surface area contributed by atoms with E-state index < -0.39 is 0 Å². The summed E-state index contributed by atoms with van der Waals surface area (Å²) >= 11 is 2.80. The molecule has 7 heteroatoms. The second-order valence-electron chi connectivity index (χ2n) is 3.43. The zero-order valence-corrected chi connectivity index (χ0v) is 11.1. The molecule has 0 aliphatic rings. The Bertz CT molecular complexity index is 541. The first-order valence-corrected chi connectivity index (χ1v) is 7.13. The molecule has 4 nitrogen and oxygen atoms in total. The first-order chi connectivity index (χ1) is 8.67. The summed E-state index contributed by atoms with van der Waals surface area (Å²) in [6.07, 6.45) is 2.08. The summed E-state index contributed by atoms with van der Waals surface area (Å²) in [5.41, 5.74) is 0.753. The van der Waals surface area contributed by atoms with E-state index in [1.165, 1.54) is 35.2 Å². The van der Waals surface area contributed by atoms with Gasteiger partial charge in [-0.3, -0.25) is 4.79 Å². The van der Waals surface area contributed by atoms with Crippen molar-refractivity contribution in [3.8, 4) is 0 Å². The molecule has 0 aliphatic heterocycles. The van der Waals surface area contributed by atoms with E-state index in [-0.39, 0.29) is 18.1 Å². The number of hydrogen-bond donors (Lipinski definition) is 1. The Morgan fingerprint density at radius 1 is 1.39 bits per heavy atom. The number of benzene rings is 1. The van der Waals surface area contributed by atoms with E-state index >= 15 is 0 Å². The van der Waals surface area contributed by atoms with Gasteiger partial charge in [0.2, 0.25) is 11.0 Å². The molecule has 94 valence electrons. The van der Waals surface area contributed by atoms with Crippen LogP contribution in [0, 0.1) is 5.82 Å². The molecule has 1 N–H and O–H groups in total. The second kappa shape index (κ2) is 5.92. The average Bonchev–Trinajstić information content (AvgIpc) is 2.79. The Kier molecular flexibility index (Phi) is 4.27. The first kappa shape index (κ1) is 13.0. The second-order valence-corrected chi connectivity index (χ2v) is 5.46. The average molecular weight is 283 g/mol. The summed E-state index contributed by atoms with van der Waals surface area (Å²) in [5, 5.41) is 10.8. The van der Waals surface area contributed by atoms with Crippen LogP contribution in [0.5, 0.6) is 0 Å². The third kappa shape index (κ3) is 3.51. The molecular formula is C11H10FN3OS2. The Balaban J connectivity index is 1.94. The molecule has 0 spiro atoms. The Hall–Kier alpha value is -1.47. The Morgan fingerprint density at radius 2 is 2.11 bits per heavy atom. The molecular weight excluding hydrogens is 273 g/mol. The van der Waals surface area contributed by atoms with E-state index in [1.54, 1.807) is 12.1 Å². The van der Waals surface area contributed by atoms with Crippen LogP contribution in [0.3, 0.4) is 0 Å². The number of nitrogens with one attached hydrogen (secondary N) is 1. The molecule has 1 heterocycles. The van der Waals surface area contributed by atoms with Crippen LogP contribution in [0.2, 0.25) is 0 Å². The minimum atomic E-state index is -0.312. The minimum absolute atomic E-state index is 0.189. The van der Waals surface area contributed by atoms with Crippen LogP contribution in [0.1, 0.15) is 5.56 Å². The molecule has 18 heavy (non-hydrogen) atoms. The maximum absolute atomic E-state index is 12.7. The summed E-state index contributed by atoms with van der Waals surface area (Å²) in [6, 6.07) is 5.84. The summed E-state index contributed by atoms with van der Waals surface area (Å²) in [6.45, 7) is 0. The number of amides is 1. The van der Waals surface area contributed by atoms with Crippen molar-refractivity contribution in [2.45, 2.75) is 10.8 Å². The van der Waals surface area contributed by atoms with Gasteiger partial charge in [0.15, 0.2) is 4.34 Å². The van der Waals surface area contributed by atoms with E-state index in [9.17, 15) is 9.18 Å². The predicted molar refractivity (Wildman–Crippen MR) is 70.4 cm³/mol. The van der Waals surface area contributed by atoms with Crippen LogP contribution in [0.25, 0.3) is 0 Å². The van der Waals surface area contributed by atoms with Gasteiger partial charge in [0.25, 0.3) is 0 Å². The first-order valence-electron chi connectivity index (χ1n) is 5.09. The van der Waals surface area contributed by atoms with E-state index in [4.69, 9.17) is 0 Å².